The monoisotopic (exact) mass is 1010 g/mol. The van der Waals surface area contributed by atoms with Crippen molar-refractivity contribution >= 4 is 109 Å². The van der Waals surface area contributed by atoms with E-state index in [1.54, 1.807) is 0 Å². The van der Waals surface area contributed by atoms with Crippen LogP contribution in [-0.4, -0.2) is 0 Å². The largest absolute Gasteiger partial charge is 0.456 e. The molecule has 17 aromatic rings. The van der Waals surface area contributed by atoms with Gasteiger partial charge in [-0.2, -0.15) is 0 Å². The SMILES string of the molecule is c1cc(-c2ccc3ccc(-c4ccc5ccc(-c6c7ccccc7c(-c7cccc8oc9ccccc9c78)c7ccccc67)cc5c4)cc3c2)cc(-c2c3ccccc3c(-c3ccc4oc5ccccc5c4c3)c3ccccc23)c1. The molecule has 2 heteroatoms. The van der Waals surface area contributed by atoms with Crippen molar-refractivity contribution in [2.24, 2.45) is 0 Å². The van der Waals surface area contributed by atoms with Crippen molar-refractivity contribution in [1.29, 1.82) is 0 Å². The van der Waals surface area contributed by atoms with Crippen molar-refractivity contribution < 1.29 is 8.83 Å². The van der Waals surface area contributed by atoms with Crippen LogP contribution in [0, 0.1) is 0 Å². The molecule has 0 saturated carbocycles. The van der Waals surface area contributed by atoms with Crippen LogP contribution in [0.25, 0.3) is 175 Å². The molecule has 0 saturated heterocycles. The Kier molecular flexibility index (Phi) is 9.75. The second-order valence-electron chi connectivity index (χ2n) is 21.4. The minimum atomic E-state index is 0.902. The summed E-state index contributed by atoms with van der Waals surface area (Å²) in [5.74, 6) is 0. The fourth-order valence-corrected chi connectivity index (χ4v) is 13.4. The number of hydrogen-bond donors (Lipinski definition) is 0. The fourth-order valence-electron chi connectivity index (χ4n) is 13.4. The van der Waals surface area contributed by atoms with Crippen molar-refractivity contribution in [3.8, 4) is 66.8 Å². The smallest absolute Gasteiger partial charge is 0.136 e. The first-order valence-electron chi connectivity index (χ1n) is 27.5. The summed E-state index contributed by atoms with van der Waals surface area (Å²) in [6.07, 6.45) is 0. The van der Waals surface area contributed by atoms with Crippen LogP contribution in [0.4, 0.5) is 0 Å². The summed E-state index contributed by atoms with van der Waals surface area (Å²) >= 11 is 0. The van der Waals surface area contributed by atoms with Crippen LogP contribution >= 0.6 is 0 Å². The number of furan rings is 2. The van der Waals surface area contributed by atoms with Gasteiger partial charge in [-0.25, -0.2) is 0 Å². The number of hydrogen-bond acceptors (Lipinski definition) is 2. The number of para-hydroxylation sites is 2. The first-order valence-corrected chi connectivity index (χ1v) is 27.5. The molecule has 0 radical (unpaired) electrons. The molecular weight excluding hydrogens is 969 g/mol. The topological polar surface area (TPSA) is 26.3 Å². The maximum atomic E-state index is 6.42. The van der Waals surface area contributed by atoms with E-state index in [4.69, 9.17) is 8.83 Å². The summed E-state index contributed by atoms with van der Waals surface area (Å²) in [5, 5.41) is 19.2. The van der Waals surface area contributed by atoms with E-state index in [0.717, 1.165) is 43.9 Å². The van der Waals surface area contributed by atoms with Crippen LogP contribution in [-0.2, 0) is 0 Å². The van der Waals surface area contributed by atoms with Gasteiger partial charge in [0.15, 0.2) is 0 Å². The van der Waals surface area contributed by atoms with Crippen LogP contribution in [0.2, 0.25) is 0 Å². The highest BCUT2D eigenvalue weighted by Crippen LogP contribution is 2.49. The Hall–Kier alpha value is -10.5. The molecule has 17 rings (SSSR count). The van der Waals surface area contributed by atoms with Gasteiger partial charge in [-0.3, -0.25) is 0 Å². The van der Waals surface area contributed by atoms with E-state index < -0.39 is 0 Å². The van der Waals surface area contributed by atoms with E-state index in [1.165, 1.54) is 131 Å². The van der Waals surface area contributed by atoms with Gasteiger partial charge in [0.1, 0.15) is 22.3 Å². The van der Waals surface area contributed by atoms with Gasteiger partial charge in [0, 0.05) is 21.5 Å². The zero-order valence-corrected chi connectivity index (χ0v) is 43.4. The highest BCUT2D eigenvalue weighted by molar-refractivity contribution is 6.26. The highest BCUT2D eigenvalue weighted by Gasteiger charge is 2.22. The minimum absolute atomic E-state index is 0.902. The second kappa shape index (κ2) is 17.5. The quantitative estimate of drug-likeness (QED) is 0.155. The van der Waals surface area contributed by atoms with Gasteiger partial charge in [-0.05, 0) is 192 Å². The van der Waals surface area contributed by atoms with Gasteiger partial charge in [-0.15, -0.1) is 0 Å². The number of benzene rings is 15. The molecule has 0 fully saturated rings. The van der Waals surface area contributed by atoms with E-state index in [2.05, 4.69) is 261 Å². The Labute approximate surface area is 460 Å². The lowest BCUT2D eigenvalue weighted by Gasteiger charge is -2.18. The molecule has 0 unspecified atom stereocenters. The van der Waals surface area contributed by atoms with Crippen LogP contribution in [0.3, 0.4) is 0 Å². The Balaban J connectivity index is 0.752. The minimum Gasteiger partial charge on any atom is -0.456 e. The van der Waals surface area contributed by atoms with Gasteiger partial charge < -0.3 is 8.83 Å². The molecule has 0 spiro atoms. The van der Waals surface area contributed by atoms with Crippen molar-refractivity contribution in [3.05, 3.63) is 279 Å². The van der Waals surface area contributed by atoms with E-state index in [1.807, 2.05) is 18.2 Å². The van der Waals surface area contributed by atoms with Gasteiger partial charge in [0.05, 0.1) is 0 Å². The predicted octanol–water partition coefficient (Wildman–Crippen LogP) is 22.4. The molecule has 370 valence electrons. The van der Waals surface area contributed by atoms with E-state index in [0.29, 0.717) is 0 Å². The third-order valence-corrected chi connectivity index (χ3v) is 17.0. The summed E-state index contributed by atoms with van der Waals surface area (Å²) in [4.78, 5) is 0. The van der Waals surface area contributed by atoms with E-state index in [9.17, 15) is 0 Å². The van der Waals surface area contributed by atoms with Gasteiger partial charge in [-0.1, -0.05) is 218 Å². The maximum absolute atomic E-state index is 6.42. The molecule has 2 aromatic heterocycles. The first kappa shape index (κ1) is 44.6. The summed E-state index contributed by atoms with van der Waals surface area (Å²) < 4.78 is 12.7. The standard InChI is InChI=1S/C78H46O2/c1-3-20-61-59(18-1)74(60-19-2-4-21-62(60)76(61)55-39-40-72-69(46-55)58-17-9-11-28-70(58)79-72)53-16-13-15-49(41-53)50-35-31-47-32-36-51(43-56(47)42-50)52-37-33-48-34-38-54(45-57(48)44-52)75-63-22-5-7-24-65(63)77(66-25-8-6-23-64(66)75)68-27-14-30-73-78(68)67-26-10-12-29-71(67)80-73/h1-46H. The van der Waals surface area contributed by atoms with Crippen LogP contribution in [0.1, 0.15) is 0 Å². The lowest BCUT2D eigenvalue weighted by molar-refractivity contribution is 0.668. The third-order valence-electron chi connectivity index (χ3n) is 17.0. The average molecular weight is 1020 g/mol. The average Bonchev–Trinajstić information content (AvgIpc) is 4.19. The van der Waals surface area contributed by atoms with Crippen molar-refractivity contribution in [2.75, 3.05) is 0 Å². The Bertz CT molecular complexity index is 5320. The van der Waals surface area contributed by atoms with Gasteiger partial charge in [0.25, 0.3) is 0 Å². The first-order chi connectivity index (χ1) is 39.6. The van der Waals surface area contributed by atoms with Crippen LogP contribution < -0.4 is 0 Å². The third kappa shape index (κ3) is 6.86. The lowest BCUT2D eigenvalue weighted by atomic mass is 9.84. The Morgan fingerprint density at radius 2 is 0.512 bits per heavy atom. The molecule has 0 aliphatic carbocycles. The molecule has 0 aliphatic rings. The lowest BCUT2D eigenvalue weighted by Crippen LogP contribution is -1.91. The van der Waals surface area contributed by atoms with Crippen molar-refractivity contribution in [1.82, 2.24) is 0 Å². The summed E-state index contributed by atoms with van der Waals surface area (Å²) in [5.41, 5.74) is 18.1. The molecular formula is C78H46O2. The Morgan fingerprint density at radius 3 is 1.05 bits per heavy atom. The molecule has 0 amide bonds. The number of fused-ring (bicyclic) bond motifs is 12. The molecule has 2 heterocycles. The molecule has 0 N–H and O–H groups in total. The van der Waals surface area contributed by atoms with E-state index >= 15 is 0 Å². The van der Waals surface area contributed by atoms with Gasteiger partial charge in [0.2, 0.25) is 0 Å². The zero-order valence-electron chi connectivity index (χ0n) is 43.4. The summed E-state index contributed by atoms with van der Waals surface area (Å²) in [7, 11) is 0. The van der Waals surface area contributed by atoms with Crippen LogP contribution in [0.5, 0.6) is 0 Å². The molecule has 80 heavy (non-hydrogen) atoms. The van der Waals surface area contributed by atoms with E-state index in [-0.39, 0.29) is 0 Å². The van der Waals surface area contributed by atoms with Crippen molar-refractivity contribution in [2.45, 2.75) is 0 Å². The maximum Gasteiger partial charge on any atom is 0.136 e. The molecule has 0 aliphatic heterocycles. The summed E-state index contributed by atoms with van der Waals surface area (Å²) in [6, 6.07) is 102. The normalized spacial score (nSPS) is 12.0. The van der Waals surface area contributed by atoms with Gasteiger partial charge >= 0.3 is 0 Å². The zero-order chi connectivity index (χ0) is 52.4. The second-order valence-corrected chi connectivity index (χ2v) is 21.4. The predicted molar refractivity (Wildman–Crippen MR) is 339 cm³/mol. The van der Waals surface area contributed by atoms with Crippen LogP contribution in [0.15, 0.2) is 288 Å². The fraction of sp³-hybridized carbons (Fsp3) is 0. The Morgan fingerprint density at radius 1 is 0.175 bits per heavy atom. The molecule has 2 nitrogen and oxygen atoms in total. The van der Waals surface area contributed by atoms with Crippen molar-refractivity contribution in [3.63, 3.8) is 0 Å². The molecule has 0 atom stereocenters. The summed E-state index contributed by atoms with van der Waals surface area (Å²) in [6.45, 7) is 0. The highest BCUT2D eigenvalue weighted by atomic mass is 16.3. The molecule has 15 aromatic carbocycles. The number of rotatable bonds is 6. The molecule has 0 bridgehead atoms.